The van der Waals surface area contributed by atoms with E-state index in [-0.39, 0.29) is 12.3 Å². The zero-order valence-corrected chi connectivity index (χ0v) is 11.2. The SMILES string of the molecule is Cc1nn(C)c(COc2ccc(C(=O)O)nc2)c1Cl. The molecule has 7 heteroatoms. The molecule has 0 saturated heterocycles. The van der Waals surface area contributed by atoms with Crippen molar-refractivity contribution < 1.29 is 14.6 Å². The van der Waals surface area contributed by atoms with Crippen LogP contribution in [0.4, 0.5) is 0 Å². The third-order valence-electron chi connectivity index (χ3n) is 2.59. The lowest BCUT2D eigenvalue weighted by Crippen LogP contribution is -2.04. The van der Waals surface area contributed by atoms with Crippen LogP contribution in [0.15, 0.2) is 18.3 Å². The largest absolute Gasteiger partial charge is 0.486 e. The van der Waals surface area contributed by atoms with Crippen LogP contribution in [0.3, 0.4) is 0 Å². The van der Waals surface area contributed by atoms with E-state index >= 15 is 0 Å². The second-order valence-electron chi connectivity index (χ2n) is 3.94. The molecule has 0 atom stereocenters. The highest BCUT2D eigenvalue weighted by Crippen LogP contribution is 2.21. The Morgan fingerprint density at radius 1 is 1.53 bits per heavy atom. The van der Waals surface area contributed by atoms with Crippen LogP contribution in [0.5, 0.6) is 5.75 Å². The monoisotopic (exact) mass is 281 g/mol. The summed E-state index contributed by atoms with van der Waals surface area (Å²) in [5, 5.41) is 13.5. The molecule has 0 aliphatic heterocycles. The number of pyridine rings is 1. The van der Waals surface area contributed by atoms with Gasteiger partial charge in [0.2, 0.25) is 0 Å². The summed E-state index contributed by atoms with van der Waals surface area (Å²) in [6.07, 6.45) is 1.36. The minimum absolute atomic E-state index is 0.0261. The van der Waals surface area contributed by atoms with Gasteiger partial charge in [0, 0.05) is 7.05 Å². The topological polar surface area (TPSA) is 77.2 Å². The van der Waals surface area contributed by atoms with E-state index in [1.54, 1.807) is 17.8 Å². The molecule has 0 spiro atoms. The molecule has 0 aromatic carbocycles. The van der Waals surface area contributed by atoms with Gasteiger partial charge in [0.15, 0.2) is 0 Å². The van der Waals surface area contributed by atoms with E-state index in [4.69, 9.17) is 21.4 Å². The first-order valence-corrected chi connectivity index (χ1v) is 5.87. The molecular formula is C12H12ClN3O3. The smallest absolute Gasteiger partial charge is 0.354 e. The van der Waals surface area contributed by atoms with Crippen LogP contribution < -0.4 is 4.74 Å². The quantitative estimate of drug-likeness (QED) is 0.928. The lowest BCUT2D eigenvalue weighted by atomic mass is 10.3. The van der Waals surface area contributed by atoms with Crippen LogP contribution in [0, 0.1) is 6.92 Å². The Labute approximate surface area is 114 Å². The fourth-order valence-electron chi connectivity index (χ4n) is 1.58. The first-order chi connectivity index (χ1) is 8.99. The second kappa shape index (κ2) is 5.27. The van der Waals surface area contributed by atoms with E-state index in [0.29, 0.717) is 10.8 Å². The summed E-state index contributed by atoms with van der Waals surface area (Å²) < 4.78 is 7.15. The van der Waals surface area contributed by atoms with Crippen molar-refractivity contribution in [2.75, 3.05) is 0 Å². The number of aromatic nitrogens is 3. The number of hydrogen-bond donors (Lipinski definition) is 1. The van der Waals surface area contributed by atoms with Crippen molar-refractivity contribution in [2.24, 2.45) is 7.05 Å². The Hall–Kier alpha value is -2.08. The predicted octanol–water partition coefficient (Wildman–Crippen LogP) is 2.05. The van der Waals surface area contributed by atoms with E-state index < -0.39 is 5.97 Å². The summed E-state index contributed by atoms with van der Waals surface area (Å²) in [5.74, 6) is -0.600. The number of carbonyl (C=O) groups is 1. The van der Waals surface area contributed by atoms with Crippen molar-refractivity contribution in [3.8, 4) is 5.75 Å². The van der Waals surface area contributed by atoms with Crippen LogP contribution in [-0.4, -0.2) is 25.8 Å². The Morgan fingerprint density at radius 3 is 2.74 bits per heavy atom. The Kier molecular flexibility index (Phi) is 3.71. The van der Waals surface area contributed by atoms with Gasteiger partial charge in [0.25, 0.3) is 0 Å². The van der Waals surface area contributed by atoms with Gasteiger partial charge >= 0.3 is 5.97 Å². The molecule has 0 saturated carbocycles. The number of carboxylic acids is 1. The minimum atomic E-state index is -1.07. The summed E-state index contributed by atoms with van der Waals surface area (Å²) >= 11 is 6.09. The van der Waals surface area contributed by atoms with Crippen LogP contribution in [0.25, 0.3) is 0 Å². The standard InChI is InChI=1S/C12H12ClN3O3/c1-7-11(13)10(16(2)15-7)6-19-8-3-4-9(12(17)18)14-5-8/h3-5H,6H2,1-2H3,(H,17,18). The Bertz CT molecular complexity index is 607. The number of carboxylic acid groups (broad SMARTS) is 1. The van der Waals surface area contributed by atoms with Crippen molar-refractivity contribution in [1.82, 2.24) is 14.8 Å². The van der Waals surface area contributed by atoms with Gasteiger partial charge in [-0.2, -0.15) is 5.10 Å². The van der Waals surface area contributed by atoms with Gasteiger partial charge in [-0.05, 0) is 19.1 Å². The maximum absolute atomic E-state index is 10.7. The fourth-order valence-corrected chi connectivity index (χ4v) is 1.80. The highest BCUT2D eigenvalue weighted by Gasteiger charge is 2.12. The molecule has 100 valence electrons. The normalized spacial score (nSPS) is 10.5. The van der Waals surface area contributed by atoms with Gasteiger partial charge in [-0.25, -0.2) is 9.78 Å². The number of hydrogen-bond acceptors (Lipinski definition) is 4. The molecule has 0 fully saturated rings. The van der Waals surface area contributed by atoms with Gasteiger partial charge in [-0.3, -0.25) is 4.68 Å². The molecule has 2 aromatic heterocycles. The van der Waals surface area contributed by atoms with Gasteiger partial charge in [-0.15, -0.1) is 0 Å². The summed E-state index contributed by atoms with van der Waals surface area (Å²) in [7, 11) is 1.78. The average Bonchev–Trinajstić information content (AvgIpc) is 2.62. The molecule has 19 heavy (non-hydrogen) atoms. The number of aryl methyl sites for hydroxylation is 2. The van der Waals surface area contributed by atoms with Crippen LogP contribution in [0.1, 0.15) is 21.9 Å². The number of halogens is 1. The lowest BCUT2D eigenvalue weighted by molar-refractivity contribution is 0.0690. The highest BCUT2D eigenvalue weighted by molar-refractivity contribution is 6.31. The number of rotatable bonds is 4. The van der Waals surface area contributed by atoms with Gasteiger partial charge in [0.1, 0.15) is 18.1 Å². The van der Waals surface area contributed by atoms with Crippen molar-refractivity contribution in [3.63, 3.8) is 0 Å². The molecule has 0 bridgehead atoms. The molecular weight excluding hydrogens is 270 g/mol. The maximum atomic E-state index is 10.7. The highest BCUT2D eigenvalue weighted by atomic mass is 35.5. The zero-order chi connectivity index (χ0) is 14.0. The van der Waals surface area contributed by atoms with Crippen molar-refractivity contribution in [3.05, 3.63) is 40.4 Å². The van der Waals surface area contributed by atoms with Gasteiger partial charge < -0.3 is 9.84 Å². The number of aromatic carboxylic acids is 1. The molecule has 2 heterocycles. The number of ether oxygens (including phenoxy) is 1. The molecule has 2 aromatic rings. The summed E-state index contributed by atoms with van der Waals surface area (Å²) in [6, 6.07) is 2.93. The Morgan fingerprint density at radius 2 is 2.26 bits per heavy atom. The van der Waals surface area contributed by atoms with Crippen LogP contribution >= 0.6 is 11.6 Å². The molecule has 0 unspecified atom stereocenters. The van der Waals surface area contributed by atoms with Crippen molar-refractivity contribution in [1.29, 1.82) is 0 Å². The summed E-state index contributed by atoms with van der Waals surface area (Å²) in [4.78, 5) is 14.4. The first-order valence-electron chi connectivity index (χ1n) is 5.49. The minimum Gasteiger partial charge on any atom is -0.486 e. The van der Waals surface area contributed by atoms with E-state index in [1.165, 1.54) is 12.3 Å². The van der Waals surface area contributed by atoms with E-state index in [2.05, 4.69) is 10.1 Å². The number of nitrogens with zero attached hydrogens (tertiary/aromatic N) is 3. The summed E-state index contributed by atoms with van der Waals surface area (Å²) in [5.41, 5.74) is 1.46. The van der Waals surface area contributed by atoms with Gasteiger partial charge in [0.05, 0.1) is 22.6 Å². The molecule has 0 amide bonds. The molecule has 2 rings (SSSR count). The molecule has 0 radical (unpaired) electrons. The van der Waals surface area contributed by atoms with E-state index in [0.717, 1.165) is 11.4 Å². The first kappa shape index (κ1) is 13.4. The van der Waals surface area contributed by atoms with E-state index in [9.17, 15) is 4.79 Å². The average molecular weight is 282 g/mol. The van der Waals surface area contributed by atoms with Crippen LogP contribution in [-0.2, 0) is 13.7 Å². The van der Waals surface area contributed by atoms with Crippen molar-refractivity contribution in [2.45, 2.75) is 13.5 Å². The second-order valence-corrected chi connectivity index (χ2v) is 4.32. The molecule has 0 aliphatic carbocycles. The zero-order valence-electron chi connectivity index (χ0n) is 10.4. The predicted molar refractivity (Wildman–Crippen MR) is 68.5 cm³/mol. The Balaban J connectivity index is 2.08. The molecule has 0 aliphatic rings. The summed E-state index contributed by atoms with van der Waals surface area (Å²) in [6.45, 7) is 2.05. The fraction of sp³-hybridized carbons (Fsp3) is 0.250. The lowest BCUT2D eigenvalue weighted by Gasteiger charge is -2.06. The van der Waals surface area contributed by atoms with E-state index in [1.807, 2.05) is 6.92 Å². The van der Waals surface area contributed by atoms with Crippen LogP contribution in [0.2, 0.25) is 5.02 Å². The third-order valence-corrected chi connectivity index (χ3v) is 3.08. The van der Waals surface area contributed by atoms with Crippen molar-refractivity contribution >= 4 is 17.6 Å². The third kappa shape index (κ3) is 2.85. The molecule has 1 N–H and O–H groups in total. The van der Waals surface area contributed by atoms with Gasteiger partial charge in [-0.1, -0.05) is 11.6 Å². The maximum Gasteiger partial charge on any atom is 0.354 e. The molecule has 6 nitrogen and oxygen atoms in total.